The van der Waals surface area contributed by atoms with Gasteiger partial charge in [-0.15, -0.1) is 0 Å². The third-order valence-corrected chi connectivity index (χ3v) is 4.09. The molecule has 0 fully saturated rings. The number of aryl methyl sites for hydroxylation is 1. The van der Waals surface area contributed by atoms with Crippen molar-refractivity contribution in [2.75, 3.05) is 17.7 Å². The Hall–Kier alpha value is -3.41. The lowest BCUT2D eigenvalue weighted by atomic mass is 10.1. The van der Waals surface area contributed by atoms with Crippen molar-refractivity contribution in [3.8, 4) is 5.75 Å². The minimum atomic E-state index is -0.244. The summed E-state index contributed by atoms with van der Waals surface area (Å²) in [5.41, 5.74) is 4.14. The number of rotatable bonds is 5. The number of hydrogen-bond acceptors (Lipinski definition) is 5. The van der Waals surface area contributed by atoms with E-state index < -0.39 is 0 Å². The Balaban J connectivity index is 1.70. The molecule has 26 heavy (non-hydrogen) atoms. The van der Waals surface area contributed by atoms with E-state index in [1.165, 1.54) is 12.4 Å². The number of carbonyl (C=O) groups excluding carboxylic acids is 1. The quantitative estimate of drug-likeness (QED) is 0.726. The molecule has 0 aliphatic heterocycles. The molecule has 1 heterocycles. The smallest absolute Gasteiger partial charge is 0.258 e. The molecular weight excluding hydrogens is 328 g/mol. The van der Waals surface area contributed by atoms with Crippen molar-refractivity contribution in [3.05, 3.63) is 71.5 Å². The molecule has 6 nitrogen and oxygen atoms in total. The molecule has 0 aliphatic carbocycles. The minimum absolute atomic E-state index is 0.244. The Morgan fingerprint density at radius 3 is 2.50 bits per heavy atom. The molecule has 6 heteroatoms. The molecule has 0 radical (unpaired) electrons. The third kappa shape index (κ3) is 3.97. The van der Waals surface area contributed by atoms with E-state index in [-0.39, 0.29) is 5.91 Å². The highest BCUT2D eigenvalue weighted by atomic mass is 16.5. The number of aromatic nitrogens is 2. The maximum atomic E-state index is 12.4. The fourth-order valence-electron chi connectivity index (χ4n) is 2.42. The van der Waals surface area contributed by atoms with Crippen LogP contribution in [0.3, 0.4) is 0 Å². The van der Waals surface area contributed by atoms with Gasteiger partial charge in [-0.25, -0.2) is 9.97 Å². The molecule has 0 aliphatic rings. The highest BCUT2D eigenvalue weighted by Crippen LogP contribution is 2.20. The van der Waals surface area contributed by atoms with Gasteiger partial charge in [0.05, 0.1) is 12.7 Å². The van der Waals surface area contributed by atoms with Crippen molar-refractivity contribution in [3.63, 3.8) is 0 Å². The third-order valence-electron chi connectivity index (χ3n) is 4.09. The monoisotopic (exact) mass is 348 g/mol. The molecule has 2 aromatic carbocycles. The van der Waals surface area contributed by atoms with Crippen LogP contribution < -0.4 is 15.4 Å². The van der Waals surface area contributed by atoms with Crippen molar-refractivity contribution in [2.24, 2.45) is 0 Å². The minimum Gasteiger partial charge on any atom is -0.497 e. The molecule has 0 unspecified atom stereocenters. The Kier molecular flexibility index (Phi) is 5.12. The second-order valence-electron chi connectivity index (χ2n) is 5.85. The number of nitrogens with one attached hydrogen (secondary N) is 2. The first-order valence-electron chi connectivity index (χ1n) is 8.17. The number of benzene rings is 2. The summed E-state index contributed by atoms with van der Waals surface area (Å²) in [6.45, 7) is 3.98. The van der Waals surface area contributed by atoms with E-state index in [0.717, 1.165) is 28.3 Å². The Labute approximate surface area is 152 Å². The van der Waals surface area contributed by atoms with Gasteiger partial charge in [0.1, 0.15) is 5.75 Å². The number of ether oxygens (including phenoxy) is 1. The molecule has 132 valence electrons. The summed E-state index contributed by atoms with van der Waals surface area (Å²) in [6.07, 6.45) is 2.99. The van der Waals surface area contributed by atoms with Crippen molar-refractivity contribution in [1.82, 2.24) is 9.97 Å². The number of hydrogen-bond donors (Lipinski definition) is 2. The molecule has 0 saturated heterocycles. The fourth-order valence-corrected chi connectivity index (χ4v) is 2.42. The summed E-state index contributed by atoms with van der Waals surface area (Å²) in [5, 5.41) is 5.97. The van der Waals surface area contributed by atoms with Crippen LogP contribution in [0.25, 0.3) is 0 Å². The van der Waals surface area contributed by atoms with E-state index in [2.05, 4.69) is 20.6 Å². The predicted molar refractivity (Wildman–Crippen MR) is 102 cm³/mol. The number of nitrogens with zero attached hydrogens (tertiary/aromatic N) is 2. The predicted octanol–water partition coefficient (Wildman–Crippen LogP) is 4.10. The van der Waals surface area contributed by atoms with Gasteiger partial charge < -0.3 is 15.4 Å². The van der Waals surface area contributed by atoms with Gasteiger partial charge in [-0.05, 0) is 43.2 Å². The van der Waals surface area contributed by atoms with Gasteiger partial charge in [0, 0.05) is 29.8 Å². The summed E-state index contributed by atoms with van der Waals surface area (Å²) in [6, 6.07) is 13.2. The van der Waals surface area contributed by atoms with Crippen LogP contribution in [-0.4, -0.2) is 23.0 Å². The summed E-state index contributed by atoms with van der Waals surface area (Å²) in [4.78, 5) is 20.8. The van der Waals surface area contributed by atoms with Gasteiger partial charge in [0.25, 0.3) is 5.91 Å². The maximum Gasteiger partial charge on any atom is 0.258 e. The lowest BCUT2D eigenvalue weighted by Crippen LogP contribution is -2.14. The molecule has 3 rings (SSSR count). The average molecular weight is 348 g/mol. The first-order valence-corrected chi connectivity index (χ1v) is 8.17. The number of carbonyl (C=O) groups is 1. The van der Waals surface area contributed by atoms with Crippen molar-refractivity contribution in [2.45, 2.75) is 13.8 Å². The highest BCUT2D eigenvalue weighted by Gasteiger charge is 2.10. The molecular formula is C20H20N4O2. The lowest BCUT2D eigenvalue weighted by Gasteiger charge is -2.10. The van der Waals surface area contributed by atoms with Crippen molar-refractivity contribution >= 4 is 23.2 Å². The van der Waals surface area contributed by atoms with Crippen LogP contribution in [0, 0.1) is 13.8 Å². The van der Waals surface area contributed by atoms with E-state index in [9.17, 15) is 4.79 Å². The van der Waals surface area contributed by atoms with E-state index >= 15 is 0 Å². The van der Waals surface area contributed by atoms with Gasteiger partial charge in [-0.1, -0.05) is 18.2 Å². The van der Waals surface area contributed by atoms with Crippen LogP contribution in [0.2, 0.25) is 0 Å². The molecule has 2 N–H and O–H groups in total. The van der Waals surface area contributed by atoms with E-state index in [1.54, 1.807) is 7.11 Å². The molecule has 0 bridgehead atoms. The van der Waals surface area contributed by atoms with Crippen molar-refractivity contribution < 1.29 is 9.53 Å². The zero-order chi connectivity index (χ0) is 18.5. The summed E-state index contributed by atoms with van der Waals surface area (Å²) >= 11 is 0. The molecule has 3 aromatic rings. The van der Waals surface area contributed by atoms with Gasteiger partial charge >= 0.3 is 0 Å². The van der Waals surface area contributed by atoms with Crippen LogP contribution in [-0.2, 0) is 0 Å². The van der Waals surface area contributed by atoms with Gasteiger partial charge in [-0.3, -0.25) is 4.79 Å². The SMILES string of the molecule is COc1cccc(Nc2ncc(C(=O)Nc3cccc(C)c3C)cn2)c1. The maximum absolute atomic E-state index is 12.4. The van der Waals surface area contributed by atoms with Crippen LogP contribution in [0.5, 0.6) is 5.75 Å². The standard InChI is InChI=1S/C20H20N4O2/c1-13-6-4-9-18(14(13)2)24-19(25)15-11-21-20(22-12-15)23-16-7-5-8-17(10-16)26-3/h4-12H,1-3H3,(H,24,25)(H,21,22,23). The van der Waals surface area contributed by atoms with Crippen LogP contribution in [0.1, 0.15) is 21.5 Å². The topological polar surface area (TPSA) is 76.1 Å². The summed E-state index contributed by atoms with van der Waals surface area (Å²) in [5.74, 6) is 0.896. The molecule has 0 spiro atoms. The Bertz CT molecular complexity index is 923. The normalized spacial score (nSPS) is 10.3. The van der Waals surface area contributed by atoms with Crippen LogP contribution in [0.4, 0.5) is 17.3 Å². The van der Waals surface area contributed by atoms with Crippen LogP contribution in [0.15, 0.2) is 54.9 Å². The van der Waals surface area contributed by atoms with Crippen molar-refractivity contribution in [1.29, 1.82) is 0 Å². The van der Waals surface area contributed by atoms with Gasteiger partial charge in [-0.2, -0.15) is 0 Å². The highest BCUT2D eigenvalue weighted by molar-refractivity contribution is 6.04. The largest absolute Gasteiger partial charge is 0.497 e. The average Bonchev–Trinajstić information content (AvgIpc) is 2.66. The van der Waals surface area contributed by atoms with Crippen LogP contribution >= 0.6 is 0 Å². The molecule has 1 amide bonds. The first kappa shape index (κ1) is 17.4. The molecule has 0 saturated carbocycles. The van der Waals surface area contributed by atoms with Gasteiger partial charge in [0.15, 0.2) is 0 Å². The number of anilines is 3. The summed E-state index contributed by atoms with van der Waals surface area (Å²) < 4.78 is 5.18. The van der Waals surface area contributed by atoms with E-state index in [0.29, 0.717) is 11.5 Å². The first-order chi connectivity index (χ1) is 12.6. The Morgan fingerprint density at radius 1 is 1.04 bits per heavy atom. The fraction of sp³-hybridized carbons (Fsp3) is 0.150. The number of methoxy groups -OCH3 is 1. The lowest BCUT2D eigenvalue weighted by molar-refractivity contribution is 0.102. The second kappa shape index (κ2) is 7.65. The zero-order valence-electron chi connectivity index (χ0n) is 14.9. The number of amides is 1. The molecule has 1 aromatic heterocycles. The van der Waals surface area contributed by atoms with Gasteiger partial charge in [0.2, 0.25) is 5.95 Å². The zero-order valence-corrected chi connectivity index (χ0v) is 14.9. The van der Waals surface area contributed by atoms with E-state index in [4.69, 9.17) is 4.74 Å². The second-order valence-corrected chi connectivity index (χ2v) is 5.85. The Morgan fingerprint density at radius 2 is 1.77 bits per heavy atom. The summed E-state index contributed by atoms with van der Waals surface area (Å²) in [7, 11) is 1.61. The molecule has 0 atom stereocenters. The van der Waals surface area contributed by atoms with E-state index in [1.807, 2.05) is 56.3 Å².